The number of nitrogens with zero attached hydrogens (tertiary/aromatic N) is 2. The van der Waals surface area contributed by atoms with Crippen LogP contribution in [0.25, 0.3) is 0 Å². The number of hydrogen-bond donors (Lipinski definition) is 1. The predicted molar refractivity (Wildman–Crippen MR) is 84.9 cm³/mol. The minimum atomic E-state index is -0.497. The van der Waals surface area contributed by atoms with Crippen molar-refractivity contribution in [3.8, 4) is 0 Å². The third kappa shape index (κ3) is 3.32. The van der Waals surface area contributed by atoms with Gasteiger partial charge in [-0.15, -0.1) is 0 Å². The van der Waals surface area contributed by atoms with Gasteiger partial charge in [-0.2, -0.15) is 0 Å². The van der Waals surface area contributed by atoms with Gasteiger partial charge in [0, 0.05) is 24.5 Å². The summed E-state index contributed by atoms with van der Waals surface area (Å²) in [7, 11) is 0. The summed E-state index contributed by atoms with van der Waals surface area (Å²) in [4.78, 5) is 38.7. The number of hydrogen-bond acceptors (Lipinski definition) is 3. The Hall–Kier alpha value is -2.08. The van der Waals surface area contributed by atoms with Crippen LogP contribution in [0.1, 0.15) is 30.9 Å². The van der Waals surface area contributed by atoms with E-state index in [9.17, 15) is 14.4 Å². The number of urea groups is 1. The zero-order chi connectivity index (χ0) is 16.4. The standard InChI is InChI=1S/C16H18ClN3O3/c17-12-5-2-1-4-11(12)13-6-3-8-20(13)15(22)10-19-9-7-14(21)18-16(19)23/h1-2,4-5,13H,3,6-10H2,(H,18,21,23). The van der Waals surface area contributed by atoms with Crippen molar-refractivity contribution < 1.29 is 14.4 Å². The van der Waals surface area contributed by atoms with Crippen molar-refractivity contribution in [2.75, 3.05) is 19.6 Å². The average Bonchev–Trinajstić information content (AvgIpc) is 3.00. The maximum Gasteiger partial charge on any atom is 0.324 e. The monoisotopic (exact) mass is 335 g/mol. The van der Waals surface area contributed by atoms with Crippen LogP contribution in [-0.4, -0.2) is 47.3 Å². The zero-order valence-electron chi connectivity index (χ0n) is 12.6. The van der Waals surface area contributed by atoms with Crippen LogP contribution in [0, 0.1) is 0 Å². The molecule has 0 aliphatic carbocycles. The van der Waals surface area contributed by atoms with Crippen molar-refractivity contribution in [2.45, 2.75) is 25.3 Å². The van der Waals surface area contributed by atoms with E-state index in [4.69, 9.17) is 11.6 Å². The largest absolute Gasteiger partial charge is 0.334 e. The van der Waals surface area contributed by atoms with E-state index in [0.717, 1.165) is 18.4 Å². The van der Waals surface area contributed by atoms with Crippen molar-refractivity contribution in [3.05, 3.63) is 34.9 Å². The van der Waals surface area contributed by atoms with Crippen LogP contribution < -0.4 is 5.32 Å². The van der Waals surface area contributed by atoms with Crippen LogP contribution in [0.3, 0.4) is 0 Å². The number of benzene rings is 1. The summed E-state index contributed by atoms with van der Waals surface area (Å²) >= 11 is 6.26. The van der Waals surface area contributed by atoms with Crippen LogP contribution in [0.15, 0.2) is 24.3 Å². The zero-order valence-corrected chi connectivity index (χ0v) is 13.4. The third-order valence-electron chi connectivity index (χ3n) is 4.31. The molecule has 6 nitrogen and oxygen atoms in total. The summed E-state index contributed by atoms with van der Waals surface area (Å²) < 4.78 is 0. The molecule has 1 aromatic carbocycles. The Labute approximate surface area is 139 Å². The molecule has 1 N–H and O–H groups in total. The van der Waals surface area contributed by atoms with E-state index in [0.29, 0.717) is 11.6 Å². The van der Waals surface area contributed by atoms with Gasteiger partial charge in [-0.25, -0.2) is 4.79 Å². The van der Waals surface area contributed by atoms with Crippen molar-refractivity contribution in [1.82, 2.24) is 15.1 Å². The lowest BCUT2D eigenvalue weighted by molar-refractivity contribution is -0.133. The normalized spacial score (nSPS) is 21.5. The number of halogens is 1. The minimum absolute atomic E-state index is 0.0138. The summed E-state index contributed by atoms with van der Waals surface area (Å²) in [5.74, 6) is -0.411. The Kier molecular flexibility index (Phi) is 4.52. The lowest BCUT2D eigenvalue weighted by Gasteiger charge is -2.30. The van der Waals surface area contributed by atoms with Crippen molar-refractivity contribution in [1.29, 1.82) is 0 Å². The minimum Gasteiger partial charge on any atom is -0.334 e. The van der Waals surface area contributed by atoms with Gasteiger partial charge in [-0.1, -0.05) is 29.8 Å². The number of likely N-dealkylation sites (tertiary alicyclic amines) is 1. The van der Waals surface area contributed by atoms with E-state index in [2.05, 4.69) is 5.32 Å². The second-order valence-corrected chi connectivity index (χ2v) is 6.20. The lowest BCUT2D eigenvalue weighted by Crippen LogP contribution is -2.52. The molecule has 2 heterocycles. The predicted octanol–water partition coefficient (Wildman–Crippen LogP) is 1.95. The molecule has 3 rings (SSSR count). The first kappa shape index (κ1) is 15.8. The molecule has 122 valence electrons. The van der Waals surface area contributed by atoms with Gasteiger partial charge in [0.05, 0.1) is 6.04 Å². The molecule has 0 radical (unpaired) electrons. The molecular weight excluding hydrogens is 318 g/mol. The first-order valence-corrected chi connectivity index (χ1v) is 8.06. The molecule has 0 aromatic heterocycles. The Morgan fingerprint density at radius 1 is 1.26 bits per heavy atom. The highest BCUT2D eigenvalue weighted by Crippen LogP contribution is 2.35. The fraction of sp³-hybridized carbons (Fsp3) is 0.438. The van der Waals surface area contributed by atoms with Gasteiger partial charge >= 0.3 is 6.03 Å². The van der Waals surface area contributed by atoms with Crippen LogP contribution in [0.2, 0.25) is 5.02 Å². The molecule has 0 bridgehead atoms. The van der Waals surface area contributed by atoms with E-state index < -0.39 is 6.03 Å². The number of imide groups is 1. The number of amides is 4. The van der Waals surface area contributed by atoms with E-state index in [1.165, 1.54) is 4.90 Å². The summed E-state index contributed by atoms with van der Waals surface area (Å²) in [5.41, 5.74) is 0.943. The Morgan fingerprint density at radius 2 is 2.04 bits per heavy atom. The highest BCUT2D eigenvalue weighted by molar-refractivity contribution is 6.31. The molecule has 0 spiro atoms. The lowest BCUT2D eigenvalue weighted by atomic mass is 10.0. The summed E-state index contributed by atoms with van der Waals surface area (Å²) in [6, 6.07) is 6.98. The number of carbonyl (C=O) groups excluding carboxylic acids is 3. The third-order valence-corrected chi connectivity index (χ3v) is 4.65. The van der Waals surface area contributed by atoms with Crippen LogP contribution in [-0.2, 0) is 9.59 Å². The second-order valence-electron chi connectivity index (χ2n) is 5.79. The smallest absolute Gasteiger partial charge is 0.324 e. The number of carbonyl (C=O) groups is 3. The van der Waals surface area contributed by atoms with E-state index >= 15 is 0 Å². The van der Waals surface area contributed by atoms with Gasteiger partial charge in [0.1, 0.15) is 6.54 Å². The second kappa shape index (κ2) is 6.58. The first-order valence-electron chi connectivity index (χ1n) is 7.69. The van der Waals surface area contributed by atoms with Gasteiger partial charge in [0.15, 0.2) is 0 Å². The maximum absolute atomic E-state index is 12.6. The van der Waals surface area contributed by atoms with Crippen molar-refractivity contribution in [2.24, 2.45) is 0 Å². The summed E-state index contributed by atoms with van der Waals surface area (Å²) in [6.45, 7) is 0.921. The first-order chi connectivity index (χ1) is 11.1. The topological polar surface area (TPSA) is 69.7 Å². The van der Waals surface area contributed by atoms with Gasteiger partial charge in [0.2, 0.25) is 11.8 Å². The fourth-order valence-corrected chi connectivity index (χ4v) is 3.40. The molecule has 23 heavy (non-hydrogen) atoms. The Bertz CT molecular complexity index is 649. The highest BCUT2D eigenvalue weighted by atomic mass is 35.5. The molecule has 7 heteroatoms. The van der Waals surface area contributed by atoms with Crippen molar-refractivity contribution >= 4 is 29.4 Å². The Morgan fingerprint density at radius 3 is 2.78 bits per heavy atom. The van der Waals surface area contributed by atoms with Crippen LogP contribution in [0.4, 0.5) is 4.79 Å². The fourth-order valence-electron chi connectivity index (χ4n) is 3.14. The molecule has 4 amide bonds. The summed E-state index contributed by atoms with van der Waals surface area (Å²) in [5, 5.41) is 2.88. The molecular formula is C16H18ClN3O3. The molecule has 1 aromatic rings. The van der Waals surface area contributed by atoms with Crippen molar-refractivity contribution in [3.63, 3.8) is 0 Å². The molecule has 2 fully saturated rings. The Balaban J connectivity index is 1.70. The van der Waals surface area contributed by atoms with E-state index in [-0.39, 0.29) is 37.4 Å². The van der Waals surface area contributed by atoms with Gasteiger partial charge in [-0.05, 0) is 24.5 Å². The molecule has 0 saturated carbocycles. The maximum atomic E-state index is 12.6. The number of nitrogens with one attached hydrogen (secondary N) is 1. The van der Waals surface area contributed by atoms with Gasteiger partial charge in [-0.3, -0.25) is 14.9 Å². The molecule has 2 aliphatic heterocycles. The highest BCUT2D eigenvalue weighted by Gasteiger charge is 2.33. The molecule has 1 atom stereocenters. The molecule has 2 saturated heterocycles. The SMILES string of the molecule is O=C1CCN(CC(=O)N2CCCC2c2ccccc2Cl)C(=O)N1. The van der Waals surface area contributed by atoms with E-state index in [1.807, 2.05) is 24.3 Å². The van der Waals surface area contributed by atoms with Crippen LogP contribution >= 0.6 is 11.6 Å². The number of rotatable bonds is 3. The summed E-state index contributed by atoms with van der Waals surface area (Å²) in [6.07, 6.45) is 2.00. The van der Waals surface area contributed by atoms with E-state index in [1.54, 1.807) is 4.90 Å². The van der Waals surface area contributed by atoms with Gasteiger partial charge < -0.3 is 9.80 Å². The quantitative estimate of drug-likeness (QED) is 0.917. The molecule has 1 unspecified atom stereocenters. The van der Waals surface area contributed by atoms with Gasteiger partial charge in [0.25, 0.3) is 0 Å². The average molecular weight is 336 g/mol. The van der Waals surface area contributed by atoms with Crippen LogP contribution in [0.5, 0.6) is 0 Å². The molecule has 2 aliphatic rings.